The van der Waals surface area contributed by atoms with Crippen molar-refractivity contribution in [2.75, 3.05) is 11.9 Å². The maximum atomic E-state index is 12.7. The summed E-state index contributed by atoms with van der Waals surface area (Å²) in [6.07, 6.45) is -0.396. The maximum Gasteiger partial charge on any atom is 0.416 e. The fourth-order valence-electron chi connectivity index (χ4n) is 3.41. The average molecular weight is 459 g/mol. The summed E-state index contributed by atoms with van der Waals surface area (Å²) < 4.78 is 38.1. The Labute approximate surface area is 186 Å². The van der Waals surface area contributed by atoms with Crippen molar-refractivity contribution in [3.8, 4) is 10.4 Å². The number of aliphatic hydroxyl groups is 1. The molecular formula is C23H21F3N4OS. The van der Waals surface area contributed by atoms with Crippen LogP contribution < -0.4 is 11.1 Å². The van der Waals surface area contributed by atoms with Crippen molar-refractivity contribution in [2.45, 2.75) is 25.2 Å². The van der Waals surface area contributed by atoms with Crippen molar-refractivity contribution < 1.29 is 18.3 Å². The minimum absolute atomic E-state index is 0.195. The molecule has 2 heterocycles. The lowest BCUT2D eigenvalue weighted by molar-refractivity contribution is -0.137. The van der Waals surface area contributed by atoms with Gasteiger partial charge in [0.15, 0.2) is 5.13 Å². The molecule has 0 aliphatic heterocycles. The first kappa shape index (κ1) is 22.2. The molecule has 0 amide bonds. The minimum Gasteiger partial charge on any atom is -0.390 e. The second-order valence-electron chi connectivity index (χ2n) is 7.43. The van der Waals surface area contributed by atoms with Gasteiger partial charge in [0.05, 0.1) is 22.7 Å². The molecule has 0 bridgehead atoms. The van der Waals surface area contributed by atoms with Crippen molar-refractivity contribution in [2.24, 2.45) is 5.73 Å². The van der Waals surface area contributed by atoms with Crippen LogP contribution >= 0.6 is 11.3 Å². The second kappa shape index (κ2) is 9.23. The molecule has 0 spiro atoms. The number of thiazole rings is 1. The monoisotopic (exact) mass is 458 g/mol. The molecule has 32 heavy (non-hydrogen) atoms. The van der Waals surface area contributed by atoms with Gasteiger partial charge in [0.2, 0.25) is 0 Å². The van der Waals surface area contributed by atoms with Crippen LogP contribution in [0.25, 0.3) is 21.2 Å². The molecule has 0 unspecified atom stereocenters. The Balaban J connectivity index is 1.43. The fourth-order valence-corrected chi connectivity index (χ4v) is 4.39. The average Bonchev–Trinajstić information content (AvgIpc) is 3.20. The van der Waals surface area contributed by atoms with E-state index in [-0.39, 0.29) is 12.6 Å². The Morgan fingerprint density at radius 2 is 1.84 bits per heavy atom. The highest BCUT2D eigenvalue weighted by Gasteiger charge is 2.29. The zero-order valence-corrected chi connectivity index (χ0v) is 17.7. The number of pyridine rings is 1. The number of hydrogen-bond donors (Lipinski definition) is 3. The number of nitrogens with zero attached hydrogens (tertiary/aromatic N) is 2. The SMILES string of the molecule is N[C@H](CNc1nc(CO)c(-c2ccc3cnccc3c2)s1)Cc1ccc(C(F)(F)F)cc1. The lowest BCUT2D eigenvalue weighted by Gasteiger charge is -2.13. The number of benzene rings is 2. The van der Waals surface area contributed by atoms with Gasteiger partial charge in [-0.2, -0.15) is 13.2 Å². The number of rotatable bonds is 7. The Hall–Kier alpha value is -3.01. The summed E-state index contributed by atoms with van der Waals surface area (Å²) in [7, 11) is 0. The van der Waals surface area contributed by atoms with Gasteiger partial charge in [0.1, 0.15) is 0 Å². The highest BCUT2D eigenvalue weighted by atomic mass is 32.1. The van der Waals surface area contributed by atoms with Gasteiger partial charge in [0, 0.05) is 30.4 Å². The van der Waals surface area contributed by atoms with Crippen molar-refractivity contribution in [3.63, 3.8) is 0 Å². The van der Waals surface area contributed by atoms with Crippen molar-refractivity contribution in [3.05, 3.63) is 77.7 Å². The number of hydrogen-bond acceptors (Lipinski definition) is 6. The van der Waals surface area contributed by atoms with E-state index in [1.807, 2.05) is 24.3 Å². The van der Waals surface area contributed by atoms with E-state index in [4.69, 9.17) is 5.73 Å². The normalized spacial score (nSPS) is 12.8. The third kappa shape index (κ3) is 5.07. The second-order valence-corrected chi connectivity index (χ2v) is 8.43. The first-order valence-corrected chi connectivity index (χ1v) is 10.8. The molecule has 5 nitrogen and oxygen atoms in total. The van der Waals surface area contributed by atoms with Crippen molar-refractivity contribution in [1.29, 1.82) is 0 Å². The molecule has 0 fully saturated rings. The topological polar surface area (TPSA) is 84.1 Å². The standard InChI is InChI=1S/C23H21F3N4OS/c24-23(25,26)18-5-1-14(2-6-18)9-19(27)12-29-22-30-20(13-31)21(32-22)16-3-4-17-11-28-8-7-15(17)10-16/h1-8,10-11,19,31H,9,12-13,27H2,(H,29,30)/t19-/m0/s1. The predicted octanol–water partition coefficient (Wildman–Crippen LogP) is 4.85. The summed E-state index contributed by atoms with van der Waals surface area (Å²) in [6, 6.07) is 12.6. The molecule has 4 aromatic rings. The van der Waals surface area contributed by atoms with E-state index in [2.05, 4.69) is 15.3 Å². The summed E-state index contributed by atoms with van der Waals surface area (Å²) in [6.45, 7) is 0.196. The van der Waals surface area contributed by atoms with Crippen molar-refractivity contribution >= 4 is 27.2 Å². The third-order valence-corrected chi connectivity index (χ3v) is 6.15. The zero-order valence-electron chi connectivity index (χ0n) is 16.9. The summed E-state index contributed by atoms with van der Waals surface area (Å²) in [5, 5.41) is 15.6. The Morgan fingerprint density at radius 1 is 1.06 bits per heavy atom. The highest BCUT2D eigenvalue weighted by Crippen LogP contribution is 2.35. The fraction of sp³-hybridized carbons (Fsp3) is 0.217. The molecule has 0 aliphatic carbocycles. The van der Waals surface area contributed by atoms with Gasteiger partial charge in [-0.25, -0.2) is 4.98 Å². The van der Waals surface area contributed by atoms with Crippen LogP contribution in [0.1, 0.15) is 16.8 Å². The molecule has 2 aromatic heterocycles. The van der Waals surface area contributed by atoms with E-state index < -0.39 is 11.7 Å². The number of aromatic nitrogens is 2. The number of aliphatic hydroxyl groups excluding tert-OH is 1. The van der Waals surface area contributed by atoms with Crippen LogP contribution in [-0.4, -0.2) is 27.7 Å². The van der Waals surface area contributed by atoms with E-state index in [1.54, 1.807) is 12.4 Å². The third-order valence-electron chi connectivity index (χ3n) is 5.04. The zero-order chi connectivity index (χ0) is 22.7. The first-order chi connectivity index (χ1) is 15.3. The molecule has 0 radical (unpaired) electrons. The molecular weight excluding hydrogens is 437 g/mol. The number of nitrogens with two attached hydrogens (primary N) is 1. The lowest BCUT2D eigenvalue weighted by atomic mass is 10.0. The summed E-state index contributed by atoms with van der Waals surface area (Å²) in [5.41, 5.74) is 7.74. The van der Waals surface area contributed by atoms with E-state index in [1.165, 1.54) is 23.5 Å². The number of halogens is 3. The number of nitrogens with one attached hydrogen (secondary N) is 1. The Bertz CT molecular complexity index is 1210. The number of anilines is 1. The molecule has 0 aliphatic rings. The van der Waals surface area contributed by atoms with Crippen LogP contribution in [-0.2, 0) is 19.2 Å². The Kier molecular flexibility index (Phi) is 6.40. The molecule has 166 valence electrons. The van der Waals surface area contributed by atoms with Crippen LogP contribution in [0.5, 0.6) is 0 Å². The van der Waals surface area contributed by atoms with Crippen LogP contribution in [0.15, 0.2) is 60.9 Å². The predicted molar refractivity (Wildman–Crippen MR) is 120 cm³/mol. The molecule has 0 saturated carbocycles. The smallest absolute Gasteiger partial charge is 0.390 e. The van der Waals surface area contributed by atoms with Gasteiger partial charge in [-0.05, 0) is 47.2 Å². The number of alkyl halides is 3. The minimum atomic E-state index is -4.35. The Morgan fingerprint density at radius 3 is 2.56 bits per heavy atom. The van der Waals surface area contributed by atoms with Gasteiger partial charge in [-0.3, -0.25) is 4.98 Å². The van der Waals surface area contributed by atoms with E-state index in [0.29, 0.717) is 23.8 Å². The molecule has 4 rings (SSSR count). The van der Waals surface area contributed by atoms with Gasteiger partial charge in [-0.1, -0.05) is 35.6 Å². The van der Waals surface area contributed by atoms with Crippen molar-refractivity contribution in [1.82, 2.24) is 9.97 Å². The summed E-state index contributed by atoms with van der Waals surface area (Å²) in [4.78, 5) is 9.45. The van der Waals surface area contributed by atoms with E-state index in [9.17, 15) is 18.3 Å². The summed E-state index contributed by atoms with van der Waals surface area (Å²) >= 11 is 1.42. The molecule has 1 atom stereocenters. The van der Waals surface area contributed by atoms with Gasteiger partial charge < -0.3 is 16.2 Å². The molecule has 2 aromatic carbocycles. The van der Waals surface area contributed by atoms with E-state index in [0.717, 1.165) is 38.9 Å². The van der Waals surface area contributed by atoms with E-state index >= 15 is 0 Å². The van der Waals surface area contributed by atoms with Crippen LogP contribution in [0, 0.1) is 0 Å². The van der Waals surface area contributed by atoms with Gasteiger partial charge in [-0.15, -0.1) is 0 Å². The first-order valence-electron chi connectivity index (χ1n) is 9.94. The van der Waals surface area contributed by atoms with Crippen LogP contribution in [0.4, 0.5) is 18.3 Å². The molecule has 4 N–H and O–H groups in total. The number of fused-ring (bicyclic) bond motifs is 1. The van der Waals surface area contributed by atoms with Gasteiger partial charge >= 0.3 is 6.18 Å². The maximum absolute atomic E-state index is 12.7. The lowest BCUT2D eigenvalue weighted by Crippen LogP contribution is -2.31. The molecule has 9 heteroatoms. The highest BCUT2D eigenvalue weighted by molar-refractivity contribution is 7.19. The summed E-state index contributed by atoms with van der Waals surface area (Å²) in [5.74, 6) is 0. The van der Waals surface area contributed by atoms with Crippen LogP contribution in [0.3, 0.4) is 0 Å². The largest absolute Gasteiger partial charge is 0.416 e. The van der Waals surface area contributed by atoms with Crippen LogP contribution in [0.2, 0.25) is 0 Å². The van der Waals surface area contributed by atoms with Gasteiger partial charge in [0.25, 0.3) is 0 Å². The molecule has 0 saturated heterocycles. The quantitative estimate of drug-likeness (QED) is 0.369.